The molecule has 1 fully saturated rings. The summed E-state index contributed by atoms with van der Waals surface area (Å²) in [4.78, 5) is 0.141. The van der Waals surface area contributed by atoms with Crippen LogP contribution in [0, 0.1) is 13.8 Å². The van der Waals surface area contributed by atoms with Crippen molar-refractivity contribution in [3.8, 4) is 0 Å². The lowest BCUT2D eigenvalue weighted by molar-refractivity contribution is 0.276. The van der Waals surface area contributed by atoms with Gasteiger partial charge in [-0.1, -0.05) is 12.8 Å². The molecular weight excluding hydrogens is 266 g/mol. The minimum atomic E-state index is -3.60. The number of aliphatic hydroxyl groups is 1. The number of hydrogen-bond acceptors (Lipinski definition) is 4. The van der Waals surface area contributed by atoms with Gasteiger partial charge in [-0.3, -0.25) is 0 Å². The zero-order valence-electron chi connectivity index (χ0n) is 11.6. The van der Waals surface area contributed by atoms with Crippen molar-refractivity contribution in [3.05, 3.63) is 17.1 Å². The zero-order valence-corrected chi connectivity index (χ0v) is 12.5. The van der Waals surface area contributed by atoms with Crippen LogP contribution < -0.4 is 0 Å². The molecule has 1 aliphatic rings. The average Bonchev–Trinajstić information content (AvgIpc) is 2.95. The maximum Gasteiger partial charge on any atom is 0.246 e. The van der Waals surface area contributed by atoms with Gasteiger partial charge >= 0.3 is 0 Å². The predicted molar refractivity (Wildman–Crippen MR) is 71.3 cm³/mol. The van der Waals surface area contributed by atoms with Crippen molar-refractivity contribution >= 4 is 10.0 Å². The molecule has 108 valence electrons. The summed E-state index contributed by atoms with van der Waals surface area (Å²) in [5.41, 5.74) is 0.377. The predicted octanol–water partition coefficient (Wildman–Crippen LogP) is 1.95. The first-order chi connectivity index (χ1) is 8.89. The molecule has 0 radical (unpaired) electrons. The fourth-order valence-corrected chi connectivity index (χ4v) is 4.65. The SMILES string of the molecule is Cc1oc(C)c(S(=O)(=O)N(C)C2CCCC2)c1CO. The van der Waals surface area contributed by atoms with E-state index >= 15 is 0 Å². The molecule has 5 nitrogen and oxygen atoms in total. The lowest BCUT2D eigenvalue weighted by Crippen LogP contribution is -2.35. The van der Waals surface area contributed by atoms with Crippen LogP contribution in [-0.2, 0) is 16.6 Å². The zero-order chi connectivity index (χ0) is 14.2. The molecule has 6 heteroatoms. The summed E-state index contributed by atoms with van der Waals surface area (Å²) in [7, 11) is -1.98. The van der Waals surface area contributed by atoms with Crippen LogP contribution in [-0.4, -0.2) is 30.9 Å². The van der Waals surface area contributed by atoms with Gasteiger partial charge in [0.1, 0.15) is 16.4 Å². The number of sulfonamides is 1. The minimum absolute atomic E-state index is 0.0612. The topological polar surface area (TPSA) is 70.8 Å². The molecule has 0 aromatic carbocycles. The third-order valence-electron chi connectivity index (χ3n) is 3.96. The van der Waals surface area contributed by atoms with Gasteiger partial charge in [0.05, 0.1) is 6.61 Å². The number of hydrogen-bond donors (Lipinski definition) is 1. The highest BCUT2D eigenvalue weighted by molar-refractivity contribution is 7.89. The third-order valence-corrected chi connectivity index (χ3v) is 6.07. The molecule has 1 aromatic heterocycles. The molecule has 0 atom stereocenters. The molecule has 0 amide bonds. The van der Waals surface area contributed by atoms with Gasteiger partial charge in [-0.2, -0.15) is 4.31 Å². The molecule has 0 bridgehead atoms. The van der Waals surface area contributed by atoms with Crippen molar-refractivity contribution in [3.63, 3.8) is 0 Å². The smallest absolute Gasteiger partial charge is 0.246 e. The summed E-state index contributed by atoms with van der Waals surface area (Å²) in [5, 5.41) is 9.38. The van der Waals surface area contributed by atoms with Crippen LogP contribution in [0.15, 0.2) is 9.31 Å². The minimum Gasteiger partial charge on any atom is -0.465 e. The van der Waals surface area contributed by atoms with Gasteiger partial charge in [-0.05, 0) is 26.7 Å². The summed E-state index contributed by atoms with van der Waals surface area (Å²) >= 11 is 0. The van der Waals surface area contributed by atoms with Crippen LogP contribution in [0.2, 0.25) is 0 Å². The monoisotopic (exact) mass is 287 g/mol. The van der Waals surface area contributed by atoms with Crippen LogP contribution in [0.3, 0.4) is 0 Å². The summed E-state index contributed by atoms with van der Waals surface area (Å²) in [6.45, 7) is 2.98. The number of nitrogens with zero attached hydrogens (tertiary/aromatic N) is 1. The highest BCUT2D eigenvalue weighted by atomic mass is 32.2. The quantitative estimate of drug-likeness (QED) is 0.919. The molecule has 0 aliphatic heterocycles. The van der Waals surface area contributed by atoms with E-state index in [0.717, 1.165) is 25.7 Å². The Balaban J connectivity index is 2.44. The number of rotatable bonds is 4. The van der Waals surface area contributed by atoms with E-state index in [9.17, 15) is 13.5 Å². The first-order valence-electron chi connectivity index (χ1n) is 6.57. The van der Waals surface area contributed by atoms with Gasteiger partial charge in [0.2, 0.25) is 10.0 Å². The Labute approximate surface area is 114 Å². The Bertz CT molecular complexity index is 555. The summed E-state index contributed by atoms with van der Waals surface area (Å²) in [6, 6.07) is 0.0612. The van der Waals surface area contributed by atoms with E-state index < -0.39 is 10.0 Å². The van der Waals surface area contributed by atoms with Crippen LogP contribution in [0.4, 0.5) is 0 Å². The van der Waals surface area contributed by atoms with Crippen LogP contribution in [0.1, 0.15) is 42.8 Å². The highest BCUT2D eigenvalue weighted by Crippen LogP contribution is 2.32. The lowest BCUT2D eigenvalue weighted by Gasteiger charge is -2.23. The molecule has 0 unspecified atom stereocenters. The Kier molecular flexibility index (Phi) is 4.03. The average molecular weight is 287 g/mol. The maximum absolute atomic E-state index is 12.7. The Hall–Kier alpha value is -0.850. The van der Waals surface area contributed by atoms with Crippen LogP contribution in [0.25, 0.3) is 0 Å². The number of aryl methyl sites for hydroxylation is 2. The van der Waals surface area contributed by atoms with Gasteiger partial charge in [0.25, 0.3) is 0 Å². The summed E-state index contributed by atoms with van der Waals surface area (Å²) in [5.74, 6) is 0.824. The van der Waals surface area contributed by atoms with Crippen LogP contribution in [0.5, 0.6) is 0 Å². The molecule has 1 saturated carbocycles. The first-order valence-corrected chi connectivity index (χ1v) is 8.01. The van der Waals surface area contributed by atoms with Crippen molar-refractivity contribution in [2.45, 2.75) is 57.1 Å². The number of aliphatic hydroxyl groups excluding tert-OH is 1. The molecule has 1 aliphatic carbocycles. The molecule has 0 spiro atoms. The van der Waals surface area contributed by atoms with Crippen molar-refractivity contribution in [2.75, 3.05) is 7.05 Å². The number of furan rings is 1. The van der Waals surface area contributed by atoms with Gasteiger partial charge < -0.3 is 9.52 Å². The largest absolute Gasteiger partial charge is 0.465 e. The fourth-order valence-electron chi connectivity index (χ4n) is 2.84. The van der Waals surface area contributed by atoms with E-state index in [4.69, 9.17) is 4.42 Å². The van der Waals surface area contributed by atoms with E-state index in [2.05, 4.69) is 0 Å². The second kappa shape index (κ2) is 5.26. The fraction of sp³-hybridized carbons (Fsp3) is 0.692. The van der Waals surface area contributed by atoms with Crippen LogP contribution >= 0.6 is 0 Å². The highest BCUT2D eigenvalue weighted by Gasteiger charge is 2.34. The molecule has 1 heterocycles. The molecule has 0 saturated heterocycles. The Morgan fingerprint density at radius 3 is 2.37 bits per heavy atom. The van der Waals surface area contributed by atoms with E-state index in [1.807, 2.05) is 0 Å². The first kappa shape index (κ1) is 14.6. The summed E-state index contributed by atoms with van der Waals surface area (Å²) < 4.78 is 32.2. The molecule has 1 N–H and O–H groups in total. The normalized spacial score (nSPS) is 17.5. The second-order valence-electron chi connectivity index (χ2n) is 5.14. The van der Waals surface area contributed by atoms with Crippen molar-refractivity contribution in [1.82, 2.24) is 4.31 Å². The summed E-state index contributed by atoms with van der Waals surface area (Å²) in [6.07, 6.45) is 3.95. The van der Waals surface area contributed by atoms with Gasteiger partial charge in [0, 0.05) is 18.7 Å². The van der Waals surface area contributed by atoms with Gasteiger partial charge in [-0.15, -0.1) is 0 Å². The Morgan fingerprint density at radius 1 is 1.26 bits per heavy atom. The van der Waals surface area contributed by atoms with Gasteiger partial charge in [-0.25, -0.2) is 8.42 Å². The lowest BCUT2D eigenvalue weighted by atomic mass is 10.2. The maximum atomic E-state index is 12.7. The molecule has 1 aromatic rings. The third kappa shape index (κ3) is 2.44. The standard InChI is InChI=1S/C13H21NO4S/c1-9-12(8-15)13(10(2)18-9)19(16,17)14(3)11-6-4-5-7-11/h11,15H,4-8H2,1-3H3. The van der Waals surface area contributed by atoms with Crippen molar-refractivity contribution in [2.24, 2.45) is 0 Å². The molecule has 2 rings (SSSR count). The Morgan fingerprint density at radius 2 is 1.84 bits per heavy atom. The van der Waals surface area contributed by atoms with E-state index in [1.54, 1.807) is 20.9 Å². The molecule has 19 heavy (non-hydrogen) atoms. The molecular formula is C13H21NO4S. The van der Waals surface area contributed by atoms with E-state index in [1.165, 1.54) is 4.31 Å². The van der Waals surface area contributed by atoms with E-state index in [0.29, 0.717) is 17.1 Å². The van der Waals surface area contributed by atoms with Crippen molar-refractivity contribution < 1.29 is 17.9 Å². The second-order valence-corrected chi connectivity index (χ2v) is 7.07. The van der Waals surface area contributed by atoms with Crippen molar-refractivity contribution in [1.29, 1.82) is 0 Å². The van der Waals surface area contributed by atoms with E-state index in [-0.39, 0.29) is 17.5 Å². The van der Waals surface area contributed by atoms with Gasteiger partial charge in [0.15, 0.2) is 0 Å².